The molecule has 2 aromatic rings. The number of hydrogen-bond acceptors (Lipinski definition) is 3. The Balaban J connectivity index is 1.96. The average molecular weight is 273 g/mol. The van der Waals surface area contributed by atoms with Gasteiger partial charge in [-0.1, -0.05) is 0 Å². The largest absolute Gasteiger partial charge is 0.489 e. The van der Waals surface area contributed by atoms with Gasteiger partial charge in [0.05, 0.1) is 18.3 Å². The molecule has 20 heavy (non-hydrogen) atoms. The van der Waals surface area contributed by atoms with Crippen LogP contribution in [-0.4, -0.2) is 46.1 Å². The summed E-state index contributed by atoms with van der Waals surface area (Å²) in [6.07, 6.45) is 4.84. The molecule has 6 nitrogen and oxygen atoms in total. The van der Waals surface area contributed by atoms with Crippen LogP contribution in [0.1, 0.15) is 5.56 Å². The minimum atomic E-state index is -0.938. The highest BCUT2D eigenvalue weighted by molar-refractivity contribution is 5.90. The quantitative estimate of drug-likeness (QED) is 0.929. The van der Waals surface area contributed by atoms with Crippen LogP contribution in [0, 0.1) is 0 Å². The molecule has 0 saturated heterocycles. The molecule has 2 heterocycles. The summed E-state index contributed by atoms with van der Waals surface area (Å²) >= 11 is 0. The topological polar surface area (TPSA) is 67.6 Å². The minimum Gasteiger partial charge on any atom is -0.489 e. The zero-order valence-electron chi connectivity index (χ0n) is 11.1. The Morgan fingerprint density at radius 3 is 3.20 bits per heavy atom. The molecular weight excluding hydrogens is 258 g/mol. The summed E-state index contributed by atoms with van der Waals surface area (Å²) in [5, 5.41) is 14.2. The fourth-order valence-corrected chi connectivity index (χ4v) is 2.29. The lowest BCUT2D eigenvalue weighted by Gasteiger charge is -2.16. The van der Waals surface area contributed by atoms with Gasteiger partial charge in [0.25, 0.3) is 0 Å². The Bertz CT molecular complexity index is 690. The molecule has 0 spiro atoms. The van der Waals surface area contributed by atoms with Crippen molar-refractivity contribution < 1.29 is 14.6 Å². The third kappa shape index (κ3) is 2.09. The lowest BCUT2D eigenvalue weighted by Crippen LogP contribution is -2.28. The number of hydrogen-bond donors (Lipinski definition) is 1. The van der Waals surface area contributed by atoms with Crippen LogP contribution in [0.25, 0.3) is 17.0 Å². The van der Waals surface area contributed by atoms with E-state index in [2.05, 4.69) is 5.10 Å². The van der Waals surface area contributed by atoms with Crippen LogP contribution in [-0.2, 0) is 6.54 Å². The molecule has 1 aromatic heterocycles. The van der Waals surface area contributed by atoms with Crippen molar-refractivity contribution in [3.8, 4) is 5.75 Å². The van der Waals surface area contributed by atoms with Gasteiger partial charge < -0.3 is 14.7 Å². The van der Waals surface area contributed by atoms with Crippen LogP contribution in [0.2, 0.25) is 0 Å². The van der Waals surface area contributed by atoms with Crippen LogP contribution in [0.4, 0.5) is 4.79 Å². The van der Waals surface area contributed by atoms with Gasteiger partial charge >= 0.3 is 6.09 Å². The summed E-state index contributed by atoms with van der Waals surface area (Å²) in [5.74, 6) is 0.841. The number of carboxylic acid groups (broad SMARTS) is 1. The summed E-state index contributed by atoms with van der Waals surface area (Å²) in [6, 6.07) is 3.91. The SMILES string of the molecule is CN(CCn1ncc2ccc3c(c21)C=CCO3)C(=O)O. The predicted octanol–water partition coefficient (Wildman–Crippen LogP) is 2.05. The second-order valence-corrected chi connectivity index (χ2v) is 4.70. The number of fused-ring (bicyclic) bond motifs is 3. The number of rotatable bonds is 3. The normalized spacial score (nSPS) is 13.1. The van der Waals surface area contributed by atoms with Crippen LogP contribution in [0.5, 0.6) is 5.75 Å². The van der Waals surface area contributed by atoms with Gasteiger partial charge in [0, 0.05) is 24.5 Å². The van der Waals surface area contributed by atoms with Gasteiger partial charge in [-0.25, -0.2) is 4.79 Å². The van der Waals surface area contributed by atoms with E-state index in [1.165, 1.54) is 4.90 Å². The van der Waals surface area contributed by atoms with Crippen LogP contribution < -0.4 is 4.74 Å². The summed E-state index contributed by atoms with van der Waals surface area (Å²) < 4.78 is 7.41. The molecule has 0 saturated carbocycles. The zero-order valence-corrected chi connectivity index (χ0v) is 11.1. The number of likely N-dealkylation sites (N-methyl/N-ethyl adjacent to an activating group) is 1. The third-order valence-corrected chi connectivity index (χ3v) is 3.40. The molecule has 0 fully saturated rings. The zero-order chi connectivity index (χ0) is 14.1. The first-order valence-corrected chi connectivity index (χ1v) is 6.39. The van der Waals surface area contributed by atoms with Gasteiger partial charge in [-0.2, -0.15) is 5.10 Å². The van der Waals surface area contributed by atoms with E-state index in [-0.39, 0.29) is 0 Å². The van der Waals surface area contributed by atoms with Gasteiger partial charge in [0.2, 0.25) is 0 Å². The Morgan fingerprint density at radius 1 is 1.55 bits per heavy atom. The summed E-state index contributed by atoms with van der Waals surface area (Å²) in [4.78, 5) is 12.1. The van der Waals surface area contributed by atoms with E-state index in [0.29, 0.717) is 19.7 Å². The number of nitrogens with zero attached hydrogens (tertiary/aromatic N) is 3. The van der Waals surface area contributed by atoms with Gasteiger partial charge in [-0.3, -0.25) is 4.68 Å². The summed E-state index contributed by atoms with van der Waals surface area (Å²) in [5.41, 5.74) is 1.99. The number of ether oxygens (including phenoxy) is 1. The molecule has 1 aliphatic heterocycles. The Hall–Kier alpha value is -2.50. The number of amides is 1. The van der Waals surface area contributed by atoms with Crippen molar-refractivity contribution >= 4 is 23.1 Å². The molecule has 1 aliphatic rings. The molecule has 6 heteroatoms. The van der Waals surface area contributed by atoms with E-state index in [0.717, 1.165) is 22.2 Å². The molecular formula is C14H15N3O3. The Morgan fingerprint density at radius 2 is 2.40 bits per heavy atom. The van der Waals surface area contributed by atoms with Crippen molar-refractivity contribution in [1.82, 2.24) is 14.7 Å². The molecule has 1 aromatic carbocycles. The van der Waals surface area contributed by atoms with E-state index in [9.17, 15) is 4.79 Å². The van der Waals surface area contributed by atoms with Crippen molar-refractivity contribution in [2.24, 2.45) is 0 Å². The number of carbonyl (C=O) groups is 1. The van der Waals surface area contributed by atoms with E-state index in [1.807, 2.05) is 29.0 Å². The molecule has 3 rings (SSSR count). The highest BCUT2D eigenvalue weighted by atomic mass is 16.5. The molecule has 0 bridgehead atoms. The Kier molecular flexibility index (Phi) is 3.06. The standard InChI is InChI=1S/C14H15N3O3/c1-16(14(18)19)6-7-17-13-10(9-15-17)4-5-12-11(13)3-2-8-20-12/h2-5,9H,6-8H2,1H3,(H,18,19). The highest BCUT2D eigenvalue weighted by Crippen LogP contribution is 2.31. The first-order valence-electron chi connectivity index (χ1n) is 6.39. The fourth-order valence-electron chi connectivity index (χ4n) is 2.29. The molecule has 1 N–H and O–H groups in total. The van der Waals surface area contributed by atoms with Crippen LogP contribution in [0.3, 0.4) is 0 Å². The van der Waals surface area contributed by atoms with E-state index < -0.39 is 6.09 Å². The monoisotopic (exact) mass is 273 g/mol. The van der Waals surface area contributed by atoms with Crippen molar-refractivity contribution in [2.45, 2.75) is 6.54 Å². The second kappa shape index (κ2) is 4.88. The third-order valence-electron chi connectivity index (χ3n) is 3.40. The van der Waals surface area contributed by atoms with Crippen molar-refractivity contribution in [3.63, 3.8) is 0 Å². The maximum Gasteiger partial charge on any atom is 0.407 e. The highest BCUT2D eigenvalue weighted by Gasteiger charge is 2.14. The van der Waals surface area contributed by atoms with Crippen molar-refractivity contribution in [2.75, 3.05) is 20.2 Å². The average Bonchev–Trinajstić information content (AvgIpc) is 2.88. The van der Waals surface area contributed by atoms with E-state index >= 15 is 0 Å². The minimum absolute atomic E-state index is 0.389. The molecule has 1 amide bonds. The van der Waals surface area contributed by atoms with Crippen molar-refractivity contribution in [1.29, 1.82) is 0 Å². The molecule has 104 valence electrons. The van der Waals surface area contributed by atoms with Gasteiger partial charge in [-0.05, 0) is 24.3 Å². The maximum absolute atomic E-state index is 10.8. The lowest BCUT2D eigenvalue weighted by atomic mass is 10.1. The van der Waals surface area contributed by atoms with E-state index in [1.54, 1.807) is 13.2 Å². The van der Waals surface area contributed by atoms with Crippen molar-refractivity contribution in [3.05, 3.63) is 30.0 Å². The number of aromatic nitrogens is 2. The van der Waals surface area contributed by atoms with Gasteiger partial charge in [0.1, 0.15) is 12.4 Å². The van der Waals surface area contributed by atoms with Gasteiger partial charge in [-0.15, -0.1) is 0 Å². The van der Waals surface area contributed by atoms with E-state index in [4.69, 9.17) is 9.84 Å². The maximum atomic E-state index is 10.8. The lowest BCUT2D eigenvalue weighted by molar-refractivity contribution is 0.154. The summed E-state index contributed by atoms with van der Waals surface area (Å²) in [6.45, 7) is 1.48. The molecule has 0 atom stereocenters. The smallest absolute Gasteiger partial charge is 0.407 e. The second-order valence-electron chi connectivity index (χ2n) is 4.70. The summed E-state index contributed by atoms with van der Waals surface area (Å²) in [7, 11) is 1.55. The molecule has 0 aliphatic carbocycles. The fraction of sp³-hybridized carbons (Fsp3) is 0.286. The first kappa shape index (κ1) is 12.5. The molecule has 0 unspecified atom stereocenters. The molecule has 0 radical (unpaired) electrons. The van der Waals surface area contributed by atoms with Crippen LogP contribution in [0.15, 0.2) is 24.4 Å². The first-order chi connectivity index (χ1) is 9.66. The predicted molar refractivity (Wildman–Crippen MR) is 74.9 cm³/mol. The van der Waals surface area contributed by atoms with Gasteiger partial charge in [0.15, 0.2) is 0 Å². The Labute approximate surface area is 115 Å². The van der Waals surface area contributed by atoms with Crippen LogP contribution >= 0.6 is 0 Å². The number of benzene rings is 1.